The van der Waals surface area contributed by atoms with Crippen LogP contribution in [0.5, 0.6) is 0 Å². The van der Waals surface area contributed by atoms with Gasteiger partial charge in [-0.05, 0) is 50.1 Å². The van der Waals surface area contributed by atoms with Gasteiger partial charge in [-0.2, -0.15) is 0 Å². The average Bonchev–Trinajstić information content (AvgIpc) is 2.84. The molecule has 0 radical (unpaired) electrons. The Morgan fingerprint density at radius 1 is 1.32 bits per heavy atom. The third-order valence-corrected chi connectivity index (χ3v) is 4.90. The lowest BCUT2D eigenvalue weighted by Crippen LogP contribution is -2.55. The van der Waals surface area contributed by atoms with Crippen molar-refractivity contribution in [2.75, 3.05) is 24.5 Å². The van der Waals surface area contributed by atoms with E-state index < -0.39 is 0 Å². The van der Waals surface area contributed by atoms with E-state index in [1.54, 1.807) is 0 Å². The minimum absolute atomic E-state index is 0.578. The summed E-state index contributed by atoms with van der Waals surface area (Å²) in [6.45, 7) is 6.56. The number of hydrogen-bond acceptors (Lipinski definition) is 3. The number of hydrogen-bond donors (Lipinski definition) is 1. The van der Waals surface area contributed by atoms with Gasteiger partial charge < -0.3 is 10.6 Å². The van der Waals surface area contributed by atoms with Crippen LogP contribution in [0, 0.1) is 0 Å². The second-order valence-corrected chi connectivity index (χ2v) is 6.73. The van der Waals surface area contributed by atoms with Crippen molar-refractivity contribution in [2.24, 2.45) is 5.73 Å². The van der Waals surface area contributed by atoms with Gasteiger partial charge in [0.1, 0.15) is 0 Å². The van der Waals surface area contributed by atoms with Crippen LogP contribution in [0.1, 0.15) is 25.3 Å². The van der Waals surface area contributed by atoms with Crippen LogP contribution in [0.2, 0.25) is 0 Å². The van der Waals surface area contributed by atoms with Gasteiger partial charge in [0.2, 0.25) is 0 Å². The van der Waals surface area contributed by atoms with E-state index in [1.807, 2.05) is 0 Å². The molecule has 2 saturated heterocycles. The van der Waals surface area contributed by atoms with Crippen LogP contribution in [-0.2, 0) is 6.54 Å². The number of rotatable bonds is 2. The van der Waals surface area contributed by atoms with Gasteiger partial charge in [0.05, 0.1) is 0 Å². The largest absolute Gasteiger partial charge is 0.366 e. The highest BCUT2D eigenvalue weighted by molar-refractivity contribution is 9.10. The van der Waals surface area contributed by atoms with E-state index in [9.17, 15) is 0 Å². The molecule has 1 aromatic carbocycles. The molecule has 2 aliphatic rings. The molecule has 104 valence electrons. The number of benzene rings is 1. The molecule has 0 aliphatic carbocycles. The van der Waals surface area contributed by atoms with Crippen molar-refractivity contribution in [3.8, 4) is 0 Å². The van der Waals surface area contributed by atoms with Gasteiger partial charge in [-0.3, -0.25) is 4.90 Å². The molecular weight excluding hydrogens is 302 g/mol. The van der Waals surface area contributed by atoms with Gasteiger partial charge >= 0.3 is 0 Å². The first-order valence-electron chi connectivity index (χ1n) is 7.17. The van der Waals surface area contributed by atoms with E-state index in [4.69, 9.17) is 5.73 Å². The Balaban J connectivity index is 1.86. The zero-order chi connectivity index (χ0) is 13.4. The van der Waals surface area contributed by atoms with Crippen LogP contribution in [0.15, 0.2) is 22.7 Å². The fourth-order valence-corrected chi connectivity index (χ4v) is 3.99. The molecule has 0 bridgehead atoms. The van der Waals surface area contributed by atoms with Gasteiger partial charge in [-0.15, -0.1) is 0 Å². The quantitative estimate of drug-likeness (QED) is 0.908. The maximum Gasteiger partial charge on any atom is 0.0389 e. The molecule has 2 heterocycles. The van der Waals surface area contributed by atoms with Gasteiger partial charge in [0, 0.05) is 41.9 Å². The lowest BCUT2D eigenvalue weighted by Gasteiger charge is -2.43. The monoisotopic (exact) mass is 323 g/mol. The minimum Gasteiger partial charge on any atom is -0.366 e. The topological polar surface area (TPSA) is 32.5 Å². The molecule has 0 spiro atoms. The van der Waals surface area contributed by atoms with Crippen molar-refractivity contribution < 1.29 is 0 Å². The van der Waals surface area contributed by atoms with Crippen molar-refractivity contribution in [2.45, 2.75) is 38.4 Å². The lowest BCUT2D eigenvalue weighted by atomic mass is 10.1. The molecular formula is C15H22BrN3. The Morgan fingerprint density at radius 2 is 2.16 bits per heavy atom. The molecule has 0 amide bonds. The Labute approximate surface area is 123 Å². The Hall–Kier alpha value is -0.580. The van der Waals surface area contributed by atoms with Crippen molar-refractivity contribution >= 4 is 21.6 Å². The first-order chi connectivity index (χ1) is 9.17. The number of piperazine rings is 1. The summed E-state index contributed by atoms with van der Waals surface area (Å²) in [4.78, 5) is 5.21. The summed E-state index contributed by atoms with van der Waals surface area (Å²) in [5.74, 6) is 0. The minimum atomic E-state index is 0.578. The van der Waals surface area contributed by atoms with Gasteiger partial charge in [-0.1, -0.05) is 15.9 Å². The molecule has 3 nitrogen and oxygen atoms in total. The summed E-state index contributed by atoms with van der Waals surface area (Å²) < 4.78 is 1.13. The fraction of sp³-hybridized carbons (Fsp3) is 0.600. The first-order valence-corrected chi connectivity index (χ1v) is 7.97. The fourth-order valence-electron chi connectivity index (χ4n) is 3.46. The molecule has 2 aliphatic heterocycles. The van der Waals surface area contributed by atoms with E-state index in [-0.39, 0.29) is 0 Å². The Morgan fingerprint density at radius 3 is 2.95 bits per heavy atom. The summed E-state index contributed by atoms with van der Waals surface area (Å²) in [5, 5.41) is 0. The first kappa shape index (κ1) is 13.4. The predicted octanol–water partition coefficient (Wildman–Crippen LogP) is 2.58. The molecule has 0 saturated carbocycles. The van der Waals surface area contributed by atoms with Crippen LogP contribution in [0.3, 0.4) is 0 Å². The van der Waals surface area contributed by atoms with Crippen molar-refractivity contribution in [3.05, 3.63) is 28.2 Å². The third-order valence-electron chi connectivity index (χ3n) is 4.45. The van der Waals surface area contributed by atoms with Crippen LogP contribution in [-0.4, -0.2) is 36.6 Å². The number of fused-ring (bicyclic) bond motifs is 1. The standard InChI is InChI=1S/C15H22BrN3/c1-11-9-18-4-2-3-14(18)10-19(11)15-6-12(8-17)5-13(16)7-15/h5-7,11,14H,2-4,8-10,17H2,1H3. The zero-order valence-electron chi connectivity index (χ0n) is 11.5. The normalized spacial score (nSPS) is 27.6. The van der Waals surface area contributed by atoms with Gasteiger partial charge in [-0.25, -0.2) is 0 Å². The molecule has 1 aromatic rings. The van der Waals surface area contributed by atoms with Crippen molar-refractivity contribution in [1.82, 2.24) is 4.90 Å². The molecule has 2 unspecified atom stereocenters. The van der Waals surface area contributed by atoms with E-state index in [1.165, 1.54) is 37.2 Å². The van der Waals surface area contributed by atoms with Gasteiger partial charge in [0.25, 0.3) is 0 Å². The van der Waals surface area contributed by atoms with E-state index in [0.29, 0.717) is 12.6 Å². The van der Waals surface area contributed by atoms with E-state index >= 15 is 0 Å². The summed E-state index contributed by atoms with van der Waals surface area (Å²) in [5.41, 5.74) is 8.30. The number of halogens is 1. The van der Waals surface area contributed by atoms with Crippen LogP contribution in [0.4, 0.5) is 5.69 Å². The summed E-state index contributed by atoms with van der Waals surface area (Å²) in [7, 11) is 0. The summed E-state index contributed by atoms with van der Waals surface area (Å²) in [6.07, 6.45) is 2.71. The van der Waals surface area contributed by atoms with Crippen molar-refractivity contribution in [1.29, 1.82) is 0 Å². The average molecular weight is 324 g/mol. The molecule has 2 atom stereocenters. The number of nitrogens with zero attached hydrogens (tertiary/aromatic N) is 2. The predicted molar refractivity (Wildman–Crippen MR) is 83.4 cm³/mol. The zero-order valence-corrected chi connectivity index (χ0v) is 13.1. The van der Waals surface area contributed by atoms with Crippen LogP contribution < -0.4 is 10.6 Å². The molecule has 4 heteroatoms. The molecule has 0 aromatic heterocycles. The number of anilines is 1. The van der Waals surface area contributed by atoms with Crippen molar-refractivity contribution in [3.63, 3.8) is 0 Å². The molecule has 3 rings (SSSR count). The van der Waals surface area contributed by atoms with Crippen LogP contribution in [0.25, 0.3) is 0 Å². The third kappa shape index (κ3) is 2.67. The summed E-state index contributed by atoms with van der Waals surface area (Å²) >= 11 is 3.60. The highest BCUT2D eigenvalue weighted by atomic mass is 79.9. The SMILES string of the molecule is CC1CN2CCCC2CN1c1cc(Br)cc(CN)c1. The smallest absolute Gasteiger partial charge is 0.0389 e. The highest BCUT2D eigenvalue weighted by Gasteiger charge is 2.34. The Kier molecular flexibility index (Phi) is 3.83. The second-order valence-electron chi connectivity index (χ2n) is 5.81. The molecule has 2 N–H and O–H groups in total. The highest BCUT2D eigenvalue weighted by Crippen LogP contribution is 2.30. The Bertz CT molecular complexity index is 463. The molecule has 19 heavy (non-hydrogen) atoms. The maximum absolute atomic E-state index is 5.79. The second kappa shape index (κ2) is 5.43. The van der Waals surface area contributed by atoms with Gasteiger partial charge in [0.15, 0.2) is 0 Å². The lowest BCUT2D eigenvalue weighted by molar-refractivity contribution is 0.203. The number of nitrogens with two attached hydrogens (primary N) is 1. The summed E-state index contributed by atoms with van der Waals surface area (Å²) in [6, 6.07) is 7.90. The van der Waals surface area contributed by atoms with Crippen LogP contribution >= 0.6 is 15.9 Å². The maximum atomic E-state index is 5.79. The van der Waals surface area contributed by atoms with E-state index in [0.717, 1.165) is 17.1 Å². The molecule has 2 fully saturated rings. The van der Waals surface area contributed by atoms with E-state index in [2.05, 4.69) is 50.9 Å².